The summed E-state index contributed by atoms with van der Waals surface area (Å²) in [5.41, 5.74) is 1.71. The molecule has 1 aromatic heterocycles. The minimum absolute atomic E-state index is 0. The van der Waals surface area contributed by atoms with Crippen LogP contribution in [0.15, 0.2) is 18.3 Å². The van der Waals surface area contributed by atoms with E-state index in [0.717, 1.165) is 5.56 Å². The van der Waals surface area contributed by atoms with E-state index < -0.39 is 4.92 Å². The van der Waals surface area contributed by atoms with Crippen LogP contribution in [-0.2, 0) is 24.3 Å². The van der Waals surface area contributed by atoms with Gasteiger partial charge in [0.15, 0.2) is 0 Å². The van der Waals surface area contributed by atoms with Gasteiger partial charge in [-0.3, -0.25) is 4.79 Å². The van der Waals surface area contributed by atoms with Gasteiger partial charge in [-0.05, 0) is 40.1 Å². The number of hydrogen-bond donors (Lipinski definition) is 2. The van der Waals surface area contributed by atoms with Crippen molar-refractivity contribution in [2.45, 2.75) is 32.9 Å². The van der Waals surface area contributed by atoms with Gasteiger partial charge in [0.2, 0.25) is 11.7 Å². The second kappa shape index (κ2) is 8.24. The lowest BCUT2D eigenvalue weighted by molar-refractivity contribution is -0.389. The normalized spacial score (nSPS) is 12.8. The van der Waals surface area contributed by atoms with E-state index in [2.05, 4.69) is 15.6 Å². The molecule has 0 fully saturated rings. The Labute approximate surface area is 155 Å². The number of imidazole rings is 1. The molecule has 26 heavy (non-hydrogen) atoms. The Bertz CT molecular complexity index is 840. The molecule has 0 spiro atoms. The van der Waals surface area contributed by atoms with Gasteiger partial charge in [0, 0.05) is 26.4 Å². The number of aryl methyl sites for hydroxylation is 2. The fraction of sp³-hybridized carbons (Fsp3) is 0.375. The Hall–Kier alpha value is -2.52. The standard InChI is InChI=1S/C16H18FN5O3.ClH/c1-10-19-14(22(24)25)9-21(10)7-5-15(23)20-13-3-2-11-8-18-6-4-12(11)16(13)17;/h2-3,9,18H,4-8H2,1H3,(H,20,23);1H. The van der Waals surface area contributed by atoms with Crippen molar-refractivity contribution in [3.8, 4) is 0 Å². The molecule has 0 unspecified atom stereocenters. The number of anilines is 1. The second-order valence-corrected chi connectivity index (χ2v) is 5.89. The van der Waals surface area contributed by atoms with Crippen LogP contribution in [0.3, 0.4) is 0 Å². The molecule has 140 valence electrons. The lowest BCUT2D eigenvalue weighted by atomic mass is 9.99. The fourth-order valence-electron chi connectivity index (χ4n) is 2.87. The van der Waals surface area contributed by atoms with Crippen LogP contribution >= 0.6 is 12.4 Å². The van der Waals surface area contributed by atoms with Crippen LogP contribution in [0.1, 0.15) is 23.4 Å². The lowest BCUT2D eigenvalue weighted by Gasteiger charge is -2.19. The zero-order valence-corrected chi connectivity index (χ0v) is 14.9. The first-order valence-corrected chi connectivity index (χ1v) is 7.94. The molecular weight excluding hydrogens is 365 g/mol. The summed E-state index contributed by atoms with van der Waals surface area (Å²) in [7, 11) is 0. The molecule has 1 aliphatic heterocycles. The zero-order chi connectivity index (χ0) is 18.0. The van der Waals surface area contributed by atoms with Crippen molar-refractivity contribution in [2.24, 2.45) is 0 Å². The molecule has 0 aliphatic carbocycles. The molecule has 0 atom stereocenters. The van der Waals surface area contributed by atoms with E-state index in [1.165, 1.54) is 10.8 Å². The van der Waals surface area contributed by atoms with Crippen molar-refractivity contribution in [1.29, 1.82) is 0 Å². The number of amides is 1. The average molecular weight is 384 g/mol. The van der Waals surface area contributed by atoms with E-state index in [9.17, 15) is 19.3 Å². The maximum absolute atomic E-state index is 14.5. The number of rotatable bonds is 5. The average Bonchev–Trinajstić information content (AvgIpc) is 2.97. The molecule has 1 aromatic carbocycles. The number of carbonyl (C=O) groups is 1. The minimum atomic E-state index is -0.582. The van der Waals surface area contributed by atoms with Crippen molar-refractivity contribution in [2.75, 3.05) is 11.9 Å². The number of nitrogens with one attached hydrogen (secondary N) is 2. The quantitative estimate of drug-likeness (QED) is 0.609. The summed E-state index contributed by atoms with van der Waals surface area (Å²) < 4.78 is 16.0. The summed E-state index contributed by atoms with van der Waals surface area (Å²) >= 11 is 0. The fourth-order valence-corrected chi connectivity index (χ4v) is 2.87. The lowest BCUT2D eigenvalue weighted by Crippen LogP contribution is -2.25. The third-order valence-electron chi connectivity index (χ3n) is 4.21. The van der Waals surface area contributed by atoms with Crippen LogP contribution < -0.4 is 10.6 Å². The molecule has 0 bridgehead atoms. The Morgan fingerprint density at radius 1 is 1.50 bits per heavy atom. The maximum Gasteiger partial charge on any atom is 0.381 e. The number of nitrogens with zero attached hydrogens (tertiary/aromatic N) is 3. The van der Waals surface area contributed by atoms with Gasteiger partial charge in [-0.2, -0.15) is 0 Å². The molecule has 1 aliphatic rings. The number of carbonyl (C=O) groups excluding carboxylic acids is 1. The van der Waals surface area contributed by atoms with Crippen molar-refractivity contribution < 1.29 is 14.1 Å². The molecule has 1 amide bonds. The molecule has 10 heteroatoms. The summed E-state index contributed by atoms with van der Waals surface area (Å²) in [5, 5.41) is 16.5. The van der Waals surface area contributed by atoms with Crippen LogP contribution in [-0.4, -0.2) is 26.9 Å². The number of halogens is 2. The van der Waals surface area contributed by atoms with Gasteiger partial charge in [0.05, 0.1) is 5.69 Å². The number of hydrogen-bond acceptors (Lipinski definition) is 5. The molecule has 0 saturated carbocycles. The summed E-state index contributed by atoms with van der Waals surface area (Å²) in [4.78, 5) is 26.0. The van der Waals surface area contributed by atoms with Gasteiger partial charge in [-0.15, -0.1) is 12.4 Å². The first-order valence-electron chi connectivity index (χ1n) is 7.94. The highest BCUT2D eigenvalue weighted by molar-refractivity contribution is 5.91. The van der Waals surface area contributed by atoms with Crippen LogP contribution in [0.5, 0.6) is 0 Å². The van der Waals surface area contributed by atoms with E-state index in [1.54, 1.807) is 13.0 Å². The molecule has 3 rings (SSSR count). The smallest absolute Gasteiger partial charge is 0.358 e. The Balaban J connectivity index is 0.00000243. The monoisotopic (exact) mass is 383 g/mol. The molecule has 2 aromatic rings. The number of benzene rings is 1. The first kappa shape index (κ1) is 19.8. The Morgan fingerprint density at radius 2 is 2.27 bits per heavy atom. The van der Waals surface area contributed by atoms with E-state index >= 15 is 0 Å². The van der Waals surface area contributed by atoms with Crippen LogP contribution in [0.25, 0.3) is 0 Å². The number of nitro groups is 1. The molecule has 0 saturated heterocycles. The van der Waals surface area contributed by atoms with E-state index in [-0.39, 0.29) is 48.6 Å². The van der Waals surface area contributed by atoms with Crippen molar-refractivity contribution in [1.82, 2.24) is 14.9 Å². The predicted molar refractivity (Wildman–Crippen MR) is 95.9 cm³/mol. The summed E-state index contributed by atoms with van der Waals surface area (Å²) in [6.07, 6.45) is 1.93. The van der Waals surface area contributed by atoms with Crippen molar-refractivity contribution in [3.63, 3.8) is 0 Å². The van der Waals surface area contributed by atoms with Crippen molar-refractivity contribution in [3.05, 3.63) is 51.2 Å². The van der Waals surface area contributed by atoms with Crippen molar-refractivity contribution >= 4 is 29.8 Å². The SMILES string of the molecule is Cc1nc([N+](=O)[O-])cn1CCC(=O)Nc1ccc2c(c1F)CCNC2.Cl. The summed E-state index contributed by atoms with van der Waals surface area (Å²) in [6, 6.07) is 3.37. The Kier molecular flexibility index (Phi) is 6.27. The second-order valence-electron chi connectivity index (χ2n) is 5.89. The first-order chi connectivity index (χ1) is 12.0. The highest BCUT2D eigenvalue weighted by Crippen LogP contribution is 2.24. The molecule has 2 heterocycles. The van der Waals surface area contributed by atoms with Gasteiger partial charge >= 0.3 is 5.82 Å². The molecule has 0 radical (unpaired) electrons. The minimum Gasteiger partial charge on any atom is -0.358 e. The largest absolute Gasteiger partial charge is 0.381 e. The highest BCUT2D eigenvalue weighted by Gasteiger charge is 2.18. The molecule has 2 N–H and O–H groups in total. The summed E-state index contributed by atoms with van der Waals surface area (Å²) in [6.45, 7) is 3.19. The van der Waals surface area contributed by atoms with Gasteiger partial charge in [-0.1, -0.05) is 6.07 Å². The van der Waals surface area contributed by atoms with Crippen LogP contribution in [0, 0.1) is 22.9 Å². The molecular formula is C16H19ClFN5O3. The van der Waals surface area contributed by atoms with Gasteiger partial charge in [0.25, 0.3) is 0 Å². The third kappa shape index (κ3) is 4.17. The van der Waals surface area contributed by atoms with Gasteiger partial charge < -0.3 is 25.3 Å². The zero-order valence-electron chi connectivity index (χ0n) is 14.1. The van der Waals surface area contributed by atoms with E-state index in [0.29, 0.717) is 30.9 Å². The summed E-state index contributed by atoms with van der Waals surface area (Å²) in [5.74, 6) is -0.551. The van der Waals surface area contributed by atoms with Crippen LogP contribution in [0.4, 0.5) is 15.9 Å². The maximum atomic E-state index is 14.5. The topological polar surface area (TPSA) is 102 Å². The van der Waals surface area contributed by atoms with Gasteiger partial charge in [0.1, 0.15) is 12.0 Å². The van der Waals surface area contributed by atoms with Crippen LogP contribution in [0.2, 0.25) is 0 Å². The highest BCUT2D eigenvalue weighted by atomic mass is 35.5. The predicted octanol–water partition coefficient (Wildman–Crippen LogP) is 2.34. The Morgan fingerprint density at radius 3 is 2.96 bits per heavy atom. The third-order valence-corrected chi connectivity index (χ3v) is 4.21. The molecule has 8 nitrogen and oxygen atoms in total. The number of aromatic nitrogens is 2. The van der Waals surface area contributed by atoms with E-state index in [4.69, 9.17) is 0 Å². The van der Waals surface area contributed by atoms with E-state index in [1.807, 2.05) is 6.07 Å². The van der Waals surface area contributed by atoms with Gasteiger partial charge in [-0.25, -0.2) is 4.39 Å². The number of fused-ring (bicyclic) bond motifs is 1.